The summed E-state index contributed by atoms with van der Waals surface area (Å²) < 4.78 is 5.75. The van der Waals surface area contributed by atoms with Gasteiger partial charge in [-0.2, -0.15) is 0 Å². The van der Waals surface area contributed by atoms with Crippen molar-refractivity contribution in [3.05, 3.63) is 78.1 Å². The van der Waals surface area contributed by atoms with Crippen LogP contribution in [-0.4, -0.2) is 29.9 Å². The molecule has 4 rings (SSSR count). The highest BCUT2D eigenvalue weighted by Crippen LogP contribution is 2.41. The van der Waals surface area contributed by atoms with Gasteiger partial charge >= 0.3 is 0 Å². The Morgan fingerprint density at radius 3 is 2.90 bits per heavy atom. The standard InChI is InChI=1S/C23H20ClN3O3/c1-2-21(28)26-14-23(9-10-30-20-8-7-16(24)11-18(20)23)22(29)27-19-13-25-12-15-5-3-4-6-17(15)19/h2-8,11-13H,1,9-10,14H2,(H,26,28)(H,27,29). The van der Waals surface area contributed by atoms with Crippen molar-refractivity contribution in [1.82, 2.24) is 10.3 Å². The lowest BCUT2D eigenvalue weighted by Gasteiger charge is -2.37. The van der Waals surface area contributed by atoms with Crippen LogP contribution in [0.2, 0.25) is 5.02 Å². The summed E-state index contributed by atoms with van der Waals surface area (Å²) in [5, 5.41) is 8.08. The lowest BCUT2D eigenvalue weighted by Crippen LogP contribution is -2.51. The highest BCUT2D eigenvalue weighted by molar-refractivity contribution is 6.30. The molecule has 0 spiro atoms. The summed E-state index contributed by atoms with van der Waals surface area (Å²) in [6, 6.07) is 12.9. The molecule has 2 aromatic carbocycles. The molecule has 0 radical (unpaired) electrons. The van der Waals surface area contributed by atoms with Crippen LogP contribution in [0.3, 0.4) is 0 Å². The number of nitrogens with one attached hydrogen (secondary N) is 2. The quantitative estimate of drug-likeness (QED) is 0.613. The van der Waals surface area contributed by atoms with Crippen LogP contribution >= 0.6 is 11.6 Å². The number of rotatable bonds is 5. The van der Waals surface area contributed by atoms with E-state index < -0.39 is 5.41 Å². The Bertz CT molecular complexity index is 1140. The molecule has 0 aliphatic carbocycles. The number of ether oxygens (including phenoxy) is 1. The zero-order chi connectivity index (χ0) is 21.1. The Hall–Kier alpha value is -3.38. The van der Waals surface area contributed by atoms with E-state index in [1.807, 2.05) is 24.3 Å². The van der Waals surface area contributed by atoms with Crippen LogP contribution in [-0.2, 0) is 15.0 Å². The second-order valence-corrected chi connectivity index (χ2v) is 7.54. The topological polar surface area (TPSA) is 80.3 Å². The van der Waals surface area contributed by atoms with E-state index in [4.69, 9.17) is 16.3 Å². The Labute approximate surface area is 178 Å². The summed E-state index contributed by atoms with van der Waals surface area (Å²) in [6.07, 6.45) is 4.92. The number of fused-ring (bicyclic) bond motifs is 2. The van der Waals surface area contributed by atoms with Gasteiger partial charge in [-0.05, 0) is 24.3 Å². The van der Waals surface area contributed by atoms with E-state index in [1.54, 1.807) is 30.6 Å². The van der Waals surface area contributed by atoms with Gasteiger partial charge in [0.25, 0.3) is 0 Å². The molecule has 1 aliphatic heterocycles. The summed E-state index contributed by atoms with van der Waals surface area (Å²) in [5.41, 5.74) is 0.174. The van der Waals surface area contributed by atoms with Gasteiger partial charge in [0.1, 0.15) is 5.75 Å². The number of amides is 2. The first-order chi connectivity index (χ1) is 14.5. The van der Waals surface area contributed by atoms with E-state index in [0.29, 0.717) is 35.1 Å². The number of aromatic nitrogens is 1. The summed E-state index contributed by atoms with van der Waals surface area (Å²) in [5.74, 6) is -0.0504. The third kappa shape index (κ3) is 3.62. The second-order valence-electron chi connectivity index (χ2n) is 7.11. The summed E-state index contributed by atoms with van der Waals surface area (Å²) in [7, 11) is 0. The number of halogens is 1. The molecule has 0 saturated carbocycles. The second kappa shape index (κ2) is 8.16. The van der Waals surface area contributed by atoms with Gasteiger partial charge in [0, 0.05) is 40.5 Å². The fourth-order valence-corrected chi connectivity index (χ4v) is 3.91. The van der Waals surface area contributed by atoms with Gasteiger partial charge in [-0.15, -0.1) is 0 Å². The van der Waals surface area contributed by atoms with Gasteiger partial charge in [0.2, 0.25) is 11.8 Å². The van der Waals surface area contributed by atoms with E-state index in [0.717, 1.165) is 10.8 Å². The molecule has 1 aromatic heterocycles. The molecule has 6 nitrogen and oxygen atoms in total. The first-order valence-electron chi connectivity index (χ1n) is 9.51. The van der Waals surface area contributed by atoms with E-state index in [9.17, 15) is 9.59 Å². The Balaban J connectivity index is 1.77. The largest absolute Gasteiger partial charge is 0.493 e. The van der Waals surface area contributed by atoms with Crippen LogP contribution in [0.1, 0.15) is 12.0 Å². The first kappa shape index (κ1) is 19.9. The van der Waals surface area contributed by atoms with Gasteiger partial charge in [-0.3, -0.25) is 14.6 Å². The molecular weight excluding hydrogens is 402 g/mol. The number of carbonyl (C=O) groups is 2. The van der Waals surface area contributed by atoms with Crippen molar-refractivity contribution in [2.75, 3.05) is 18.5 Å². The number of hydrogen-bond acceptors (Lipinski definition) is 4. The maximum atomic E-state index is 13.7. The summed E-state index contributed by atoms with van der Waals surface area (Å²) >= 11 is 6.24. The monoisotopic (exact) mass is 421 g/mol. The molecule has 7 heteroatoms. The Morgan fingerprint density at radius 2 is 2.07 bits per heavy atom. The highest BCUT2D eigenvalue weighted by atomic mass is 35.5. The minimum Gasteiger partial charge on any atom is -0.493 e. The van der Waals surface area contributed by atoms with Gasteiger partial charge in [0.05, 0.1) is 23.9 Å². The molecule has 2 heterocycles. The number of hydrogen-bond donors (Lipinski definition) is 2. The predicted octanol–water partition coefficient (Wildman–Crippen LogP) is 3.85. The SMILES string of the molecule is C=CC(=O)NCC1(C(=O)Nc2cncc3ccccc23)CCOc2ccc(Cl)cc21. The molecule has 2 amide bonds. The Kier molecular flexibility index (Phi) is 5.42. The molecule has 1 atom stereocenters. The van der Waals surface area contributed by atoms with Crippen molar-refractivity contribution in [3.63, 3.8) is 0 Å². The first-order valence-corrected chi connectivity index (χ1v) is 9.88. The Morgan fingerprint density at radius 1 is 1.23 bits per heavy atom. The zero-order valence-electron chi connectivity index (χ0n) is 16.2. The van der Waals surface area contributed by atoms with Crippen molar-refractivity contribution >= 4 is 39.9 Å². The van der Waals surface area contributed by atoms with Crippen molar-refractivity contribution in [2.45, 2.75) is 11.8 Å². The van der Waals surface area contributed by atoms with Gasteiger partial charge < -0.3 is 15.4 Å². The molecule has 0 bridgehead atoms. The maximum absolute atomic E-state index is 13.7. The van der Waals surface area contributed by atoms with Crippen LogP contribution < -0.4 is 15.4 Å². The van der Waals surface area contributed by atoms with Gasteiger partial charge in [-0.1, -0.05) is 42.4 Å². The molecule has 152 valence electrons. The van der Waals surface area contributed by atoms with Crippen LogP contribution in [0, 0.1) is 0 Å². The van der Waals surface area contributed by atoms with Crippen LogP contribution in [0.4, 0.5) is 5.69 Å². The minimum atomic E-state index is -1.06. The molecule has 2 N–H and O–H groups in total. The third-order valence-corrected chi connectivity index (χ3v) is 5.58. The average Bonchev–Trinajstić information content (AvgIpc) is 2.77. The van der Waals surface area contributed by atoms with E-state index in [2.05, 4.69) is 22.2 Å². The zero-order valence-corrected chi connectivity index (χ0v) is 16.9. The number of pyridine rings is 1. The molecule has 30 heavy (non-hydrogen) atoms. The highest BCUT2D eigenvalue weighted by Gasteiger charge is 2.45. The van der Waals surface area contributed by atoms with E-state index >= 15 is 0 Å². The van der Waals surface area contributed by atoms with Gasteiger partial charge in [-0.25, -0.2) is 0 Å². The molecule has 0 saturated heterocycles. The van der Waals surface area contributed by atoms with Crippen molar-refractivity contribution in [3.8, 4) is 5.75 Å². The van der Waals surface area contributed by atoms with Crippen LogP contribution in [0.15, 0.2) is 67.5 Å². The lowest BCUT2D eigenvalue weighted by molar-refractivity contribution is -0.123. The molecular formula is C23H20ClN3O3. The van der Waals surface area contributed by atoms with Crippen LogP contribution in [0.25, 0.3) is 10.8 Å². The molecule has 3 aromatic rings. The number of nitrogens with zero attached hydrogens (tertiary/aromatic N) is 1. The minimum absolute atomic E-state index is 0.0819. The summed E-state index contributed by atoms with van der Waals surface area (Å²) in [6.45, 7) is 3.90. The smallest absolute Gasteiger partial charge is 0.243 e. The summed E-state index contributed by atoms with van der Waals surface area (Å²) in [4.78, 5) is 29.8. The maximum Gasteiger partial charge on any atom is 0.243 e. The van der Waals surface area contributed by atoms with Crippen LogP contribution in [0.5, 0.6) is 5.75 Å². The molecule has 1 aliphatic rings. The molecule has 1 unspecified atom stereocenters. The fraction of sp³-hybridized carbons (Fsp3) is 0.174. The number of benzene rings is 2. The third-order valence-electron chi connectivity index (χ3n) is 5.34. The predicted molar refractivity (Wildman–Crippen MR) is 117 cm³/mol. The van der Waals surface area contributed by atoms with Crippen molar-refractivity contribution < 1.29 is 14.3 Å². The average molecular weight is 422 g/mol. The fourth-order valence-electron chi connectivity index (χ4n) is 3.74. The lowest BCUT2D eigenvalue weighted by atomic mass is 9.74. The number of carbonyl (C=O) groups excluding carboxylic acids is 2. The molecule has 0 fully saturated rings. The van der Waals surface area contributed by atoms with Crippen molar-refractivity contribution in [1.29, 1.82) is 0 Å². The van der Waals surface area contributed by atoms with Crippen molar-refractivity contribution in [2.24, 2.45) is 0 Å². The van der Waals surface area contributed by atoms with E-state index in [-0.39, 0.29) is 18.4 Å². The number of anilines is 1. The normalized spacial score (nSPS) is 17.5. The van der Waals surface area contributed by atoms with Gasteiger partial charge in [0.15, 0.2) is 0 Å². The van der Waals surface area contributed by atoms with E-state index in [1.165, 1.54) is 6.08 Å².